The quantitative estimate of drug-likeness (QED) is 0.732. The van der Waals surface area contributed by atoms with Gasteiger partial charge in [0.25, 0.3) is 0 Å². The first-order valence-electron chi connectivity index (χ1n) is 5.10. The molecule has 1 heterocycles. The second kappa shape index (κ2) is 5.34. The fourth-order valence-electron chi connectivity index (χ4n) is 1.47. The van der Waals surface area contributed by atoms with E-state index >= 15 is 0 Å². The summed E-state index contributed by atoms with van der Waals surface area (Å²) >= 11 is 10.7. The van der Waals surface area contributed by atoms with Gasteiger partial charge in [-0.05, 0) is 30.7 Å². The Bertz CT molecular complexity index is 562. The number of halogens is 2. The molecule has 2 rings (SSSR count). The maximum atomic E-state index is 12.0. The Morgan fingerprint density at radius 3 is 2.71 bits per heavy atom. The number of carbonyl (C=O) groups excluding carboxylic acids is 1. The van der Waals surface area contributed by atoms with Gasteiger partial charge < -0.3 is 0 Å². The standard InChI is InChI=1S/C13H10BrClOS/c1-8-2-3-9(6-11(8)14)12(16)7-10-4-5-13(15)17-10/h2-6H,7H2,1H3. The summed E-state index contributed by atoms with van der Waals surface area (Å²) in [6.07, 6.45) is 0.410. The van der Waals surface area contributed by atoms with Crippen LogP contribution in [0.2, 0.25) is 4.34 Å². The molecule has 0 aliphatic heterocycles. The number of carbonyl (C=O) groups is 1. The molecule has 1 aromatic carbocycles. The molecular formula is C13H10BrClOS. The van der Waals surface area contributed by atoms with Crippen LogP contribution in [0.3, 0.4) is 0 Å². The Morgan fingerprint density at radius 2 is 2.12 bits per heavy atom. The van der Waals surface area contributed by atoms with Crippen LogP contribution in [0.15, 0.2) is 34.8 Å². The first-order valence-corrected chi connectivity index (χ1v) is 7.08. The topological polar surface area (TPSA) is 17.1 Å². The molecule has 1 nitrogen and oxygen atoms in total. The number of Topliss-reactive ketones (excluding diaryl/α,β-unsaturated/α-hetero) is 1. The van der Waals surface area contributed by atoms with Crippen molar-refractivity contribution in [2.24, 2.45) is 0 Å². The van der Waals surface area contributed by atoms with Crippen LogP contribution in [0.5, 0.6) is 0 Å². The molecule has 0 N–H and O–H groups in total. The summed E-state index contributed by atoms with van der Waals surface area (Å²) in [5.41, 5.74) is 1.85. The van der Waals surface area contributed by atoms with Crippen molar-refractivity contribution in [3.05, 3.63) is 55.1 Å². The second-order valence-electron chi connectivity index (χ2n) is 3.77. The first kappa shape index (κ1) is 12.8. The van der Waals surface area contributed by atoms with Gasteiger partial charge in [0.2, 0.25) is 0 Å². The molecule has 17 heavy (non-hydrogen) atoms. The van der Waals surface area contributed by atoms with Crippen molar-refractivity contribution in [2.75, 3.05) is 0 Å². The average Bonchev–Trinajstić information content (AvgIpc) is 2.68. The van der Waals surface area contributed by atoms with Gasteiger partial charge in [-0.15, -0.1) is 11.3 Å². The predicted molar refractivity (Wildman–Crippen MR) is 76.2 cm³/mol. The second-order valence-corrected chi connectivity index (χ2v) is 6.42. The van der Waals surface area contributed by atoms with Gasteiger partial charge in [0.15, 0.2) is 5.78 Å². The van der Waals surface area contributed by atoms with Crippen molar-refractivity contribution in [3.63, 3.8) is 0 Å². The van der Waals surface area contributed by atoms with Gasteiger partial charge in [-0.2, -0.15) is 0 Å². The largest absolute Gasteiger partial charge is 0.294 e. The number of aryl methyl sites for hydroxylation is 1. The molecule has 0 aliphatic rings. The summed E-state index contributed by atoms with van der Waals surface area (Å²) in [7, 11) is 0. The third-order valence-corrected chi connectivity index (χ3v) is 4.54. The van der Waals surface area contributed by atoms with Gasteiger partial charge in [-0.3, -0.25) is 4.79 Å². The number of hydrogen-bond acceptors (Lipinski definition) is 2. The van der Waals surface area contributed by atoms with Gasteiger partial charge in [0.05, 0.1) is 4.34 Å². The summed E-state index contributed by atoms with van der Waals surface area (Å²) in [4.78, 5) is 13.0. The molecule has 0 bridgehead atoms. The van der Waals surface area contributed by atoms with Crippen LogP contribution in [0.25, 0.3) is 0 Å². The van der Waals surface area contributed by atoms with E-state index < -0.39 is 0 Å². The molecule has 0 amide bonds. The fourth-order valence-corrected chi connectivity index (χ4v) is 2.94. The van der Waals surface area contributed by atoms with Crippen molar-refractivity contribution in [2.45, 2.75) is 13.3 Å². The summed E-state index contributed by atoms with van der Waals surface area (Å²) in [6.45, 7) is 2.00. The predicted octanol–water partition coefficient (Wildman–Crippen LogP) is 4.90. The van der Waals surface area contributed by atoms with Gasteiger partial charge in [-0.25, -0.2) is 0 Å². The Labute approximate surface area is 118 Å². The molecule has 0 unspecified atom stereocenters. The van der Waals surface area contributed by atoms with E-state index in [1.165, 1.54) is 11.3 Å². The van der Waals surface area contributed by atoms with Crippen LogP contribution in [0.4, 0.5) is 0 Å². The number of rotatable bonds is 3. The molecule has 1 aromatic heterocycles. The normalized spacial score (nSPS) is 10.5. The molecule has 0 spiro atoms. The highest BCUT2D eigenvalue weighted by molar-refractivity contribution is 9.10. The lowest BCUT2D eigenvalue weighted by atomic mass is 10.1. The van der Waals surface area contributed by atoms with Crippen molar-refractivity contribution in [1.82, 2.24) is 0 Å². The molecule has 0 saturated heterocycles. The van der Waals surface area contributed by atoms with E-state index in [0.29, 0.717) is 6.42 Å². The van der Waals surface area contributed by atoms with E-state index in [-0.39, 0.29) is 5.78 Å². The molecule has 2 aromatic rings. The average molecular weight is 330 g/mol. The summed E-state index contributed by atoms with van der Waals surface area (Å²) < 4.78 is 1.69. The van der Waals surface area contributed by atoms with E-state index in [9.17, 15) is 4.79 Å². The van der Waals surface area contributed by atoms with Crippen molar-refractivity contribution < 1.29 is 4.79 Å². The minimum atomic E-state index is 0.115. The van der Waals surface area contributed by atoms with E-state index in [0.717, 1.165) is 24.8 Å². The van der Waals surface area contributed by atoms with Gasteiger partial charge in [0.1, 0.15) is 0 Å². The molecule has 0 atom stereocenters. The minimum absolute atomic E-state index is 0.115. The molecule has 4 heteroatoms. The highest BCUT2D eigenvalue weighted by Crippen LogP contribution is 2.24. The van der Waals surface area contributed by atoms with Gasteiger partial charge >= 0.3 is 0 Å². The Morgan fingerprint density at radius 1 is 1.35 bits per heavy atom. The number of benzene rings is 1. The lowest BCUT2D eigenvalue weighted by Gasteiger charge is -2.02. The molecule has 0 saturated carbocycles. The third kappa shape index (κ3) is 3.18. The summed E-state index contributed by atoms with van der Waals surface area (Å²) in [5, 5.41) is 0. The molecule has 0 aliphatic carbocycles. The first-order chi connectivity index (χ1) is 8.06. The van der Waals surface area contributed by atoms with E-state index in [2.05, 4.69) is 15.9 Å². The smallest absolute Gasteiger partial charge is 0.168 e. The number of hydrogen-bond donors (Lipinski definition) is 0. The maximum Gasteiger partial charge on any atom is 0.168 e. The van der Waals surface area contributed by atoms with Crippen LogP contribution >= 0.6 is 38.9 Å². The van der Waals surface area contributed by atoms with Crippen molar-refractivity contribution in [1.29, 1.82) is 0 Å². The molecular weight excluding hydrogens is 320 g/mol. The van der Waals surface area contributed by atoms with Crippen molar-refractivity contribution in [3.8, 4) is 0 Å². The Balaban J connectivity index is 2.17. The van der Waals surface area contributed by atoms with Gasteiger partial charge in [-0.1, -0.05) is 39.7 Å². The molecule has 0 radical (unpaired) electrons. The zero-order valence-corrected chi connectivity index (χ0v) is 12.3. The molecule has 88 valence electrons. The van der Waals surface area contributed by atoms with E-state index in [4.69, 9.17) is 11.6 Å². The Kier molecular flexibility index (Phi) is 4.02. The van der Waals surface area contributed by atoms with E-state index in [1.807, 2.05) is 37.3 Å². The highest BCUT2D eigenvalue weighted by Gasteiger charge is 2.09. The third-order valence-electron chi connectivity index (χ3n) is 2.46. The van der Waals surface area contributed by atoms with Gasteiger partial charge in [0, 0.05) is 21.3 Å². The summed E-state index contributed by atoms with van der Waals surface area (Å²) in [6, 6.07) is 9.39. The monoisotopic (exact) mass is 328 g/mol. The fraction of sp³-hybridized carbons (Fsp3) is 0.154. The zero-order chi connectivity index (χ0) is 12.4. The molecule has 0 fully saturated rings. The van der Waals surface area contributed by atoms with E-state index in [1.54, 1.807) is 0 Å². The minimum Gasteiger partial charge on any atom is -0.294 e. The lowest BCUT2D eigenvalue weighted by molar-refractivity contribution is 0.0994. The lowest BCUT2D eigenvalue weighted by Crippen LogP contribution is -2.02. The SMILES string of the molecule is Cc1ccc(C(=O)Cc2ccc(Cl)s2)cc1Br. The highest BCUT2D eigenvalue weighted by atomic mass is 79.9. The van der Waals surface area contributed by atoms with Crippen molar-refractivity contribution >= 4 is 44.7 Å². The van der Waals surface area contributed by atoms with Crippen LogP contribution in [-0.2, 0) is 6.42 Å². The Hall–Kier alpha value is -0.640. The number of ketones is 1. The summed E-state index contributed by atoms with van der Waals surface area (Å²) in [5.74, 6) is 0.115. The van der Waals surface area contributed by atoms with Crippen LogP contribution in [0.1, 0.15) is 20.8 Å². The van der Waals surface area contributed by atoms with Crippen LogP contribution in [-0.4, -0.2) is 5.78 Å². The zero-order valence-electron chi connectivity index (χ0n) is 9.17. The maximum absolute atomic E-state index is 12.0. The van der Waals surface area contributed by atoms with Crippen LogP contribution < -0.4 is 0 Å². The van der Waals surface area contributed by atoms with Crippen LogP contribution in [0, 0.1) is 6.92 Å². The number of thiophene rings is 1.